The third kappa shape index (κ3) is 2.76. The van der Waals surface area contributed by atoms with Crippen LogP contribution in [-0.2, 0) is 9.53 Å². The van der Waals surface area contributed by atoms with Crippen LogP contribution in [0, 0.1) is 6.92 Å². The van der Waals surface area contributed by atoms with Crippen molar-refractivity contribution in [2.45, 2.75) is 26.4 Å². The van der Waals surface area contributed by atoms with E-state index in [1.807, 2.05) is 13.0 Å². The average molecular weight is 208 g/mol. The summed E-state index contributed by atoms with van der Waals surface area (Å²) in [6.45, 7) is 5.28. The molecule has 0 aliphatic heterocycles. The Morgan fingerprint density at radius 2 is 2.20 bits per heavy atom. The molecule has 4 nitrogen and oxygen atoms in total. The van der Waals surface area contributed by atoms with Gasteiger partial charge in [0, 0.05) is 13.3 Å². The standard InChI is InChI=1S/C11H16N2O2/c1-8-9(6-5-7-12-8)13-10(14)11(2,3)15-4/h5-7H,1-4H3,(H,13,14). The molecule has 0 atom stereocenters. The van der Waals surface area contributed by atoms with Crippen molar-refractivity contribution in [2.75, 3.05) is 12.4 Å². The first-order valence-corrected chi connectivity index (χ1v) is 4.75. The van der Waals surface area contributed by atoms with Gasteiger partial charge in [-0.1, -0.05) is 0 Å². The minimum absolute atomic E-state index is 0.180. The zero-order valence-corrected chi connectivity index (χ0v) is 9.50. The summed E-state index contributed by atoms with van der Waals surface area (Å²) in [4.78, 5) is 15.8. The van der Waals surface area contributed by atoms with Crippen molar-refractivity contribution >= 4 is 11.6 Å². The molecule has 82 valence electrons. The average Bonchev–Trinajstić information content (AvgIpc) is 2.21. The number of anilines is 1. The van der Waals surface area contributed by atoms with Gasteiger partial charge in [0.25, 0.3) is 5.91 Å². The van der Waals surface area contributed by atoms with Crippen molar-refractivity contribution in [3.8, 4) is 0 Å². The fourth-order valence-corrected chi connectivity index (χ4v) is 0.982. The molecule has 1 rings (SSSR count). The number of pyridine rings is 1. The van der Waals surface area contributed by atoms with Crippen LogP contribution in [-0.4, -0.2) is 23.6 Å². The van der Waals surface area contributed by atoms with Crippen LogP contribution in [0.1, 0.15) is 19.5 Å². The predicted octanol–water partition coefficient (Wildman–Crippen LogP) is 1.75. The van der Waals surface area contributed by atoms with Crippen LogP contribution in [0.3, 0.4) is 0 Å². The van der Waals surface area contributed by atoms with E-state index >= 15 is 0 Å². The summed E-state index contributed by atoms with van der Waals surface area (Å²) in [6, 6.07) is 3.59. The molecule has 1 heterocycles. The summed E-state index contributed by atoms with van der Waals surface area (Å²) in [5.74, 6) is -0.180. The minimum atomic E-state index is -0.831. The van der Waals surface area contributed by atoms with Crippen molar-refractivity contribution in [3.05, 3.63) is 24.0 Å². The van der Waals surface area contributed by atoms with Gasteiger partial charge in [-0.15, -0.1) is 0 Å². The highest BCUT2D eigenvalue weighted by molar-refractivity contribution is 5.97. The molecule has 0 saturated heterocycles. The summed E-state index contributed by atoms with van der Waals surface area (Å²) in [6.07, 6.45) is 1.69. The number of nitrogens with zero attached hydrogens (tertiary/aromatic N) is 1. The molecule has 0 fully saturated rings. The highest BCUT2D eigenvalue weighted by Gasteiger charge is 2.27. The highest BCUT2D eigenvalue weighted by atomic mass is 16.5. The molecule has 1 aromatic heterocycles. The SMILES string of the molecule is COC(C)(C)C(=O)Nc1cccnc1C. The third-order valence-corrected chi connectivity index (χ3v) is 2.31. The van der Waals surface area contributed by atoms with Crippen molar-refractivity contribution in [1.82, 2.24) is 4.98 Å². The number of aryl methyl sites for hydroxylation is 1. The van der Waals surface area contributed by atoms with E-state index in [0.717, 1.165) is 5.69 Å². The number of carbonyl (C=O) groups excluding carboxylic acids is 1. The van der Waals surface area contributed by atoms with Gasteiger partial charge in [0.2, 0.25) is 0 Å². The summed E-state index contributed by atoms with van der Waals surface area (Å²) in [5, 5.41) is 2.77. The van der Waals surface area contributed by atoms with Gasteiger partial charge in [-0.05, 0) is 32.9 Å². The smallest absolute Gasteiger partial charge is 0.256 e. The number of carbonyl (C=O) groups is 1. The number of methoxy groups -OCH3 is 1. The topological polar surface area (TPSA) is 51.2 Å². The van der Waals surface area contributed by atoms with Crippen molar-refractivity contribution in [2.24, 2.45) is 0 Å². The molecule has 0 spiro atoms. The summed E-state index contributed by atoms with van der Waals surface area (Å²) in [5.41, 5.74) is 0.674. The second kappa shape index (κ2) is 4.40. The van der Waals surface area contributed by atoms with Crippen LogP contribution in [0.5, 0.6) is 0 Å². The van der Waals surface area contributed by atoms with Crippen LogP contribution in [0.15, 0.2) is 18.3 Å². The van der Waals surface area contributed by atoms with Crippen LogP contribution in [0.2, 0.25) is 0 Å². The molecular formula is C11H16N2O2. The van der Waals surface area contributed by atoms with E-state index in [1.54, 1.807) is 26.1 Å². The van der Waals surface area contributed by atoms with E-state index in [-0.39, 0.29) is 5.91 Å². The lowest BCUT2D eigenvalue weighted by Crippen LogP contribution is -2.39. The van der Waals surface area contributed by atoms with Crippen LogP contribution >= 0.6 is 0 Å². The maximum Gasteiger partial charge on any atom is 0.256 e. The van der Waals surface area contributed by atoms with E-state index < -0.39 is 5.60 Å². The quantitative estimate of drug-likeness (QED) is 0.823. The second-order valence-corrected chi connectivity index (χ2v) is 3.80. The minimum Gasteiger partial charge on any atom is -0.369 e. The van der Waals surface area contributed by atoms with Gasteiger partial charge in [0.05, 0.1) is 11.4 Å². The number of amides is 1. The number of rotatable bonds is 3. The molecular weight excluding hydrogens is 192 g/mol. The second-order valence-electron chi connectivity index (χ2n) is 3.80. The summed E-state index contributed by atoms with van der Waals surface area (Å²) >= 11 is 0. The Bertz CT molecular complexity index is 361. The molecule has 0 aromatic carbocycles. The van der Waals surface area contributed by atoms with Crippen LogP contribution in [0.25, 0.3) is 0 Å². The number of hydrogen-bond acceptors (Lipinski definition) is 3. The molecule has 0 unspecified atom stereocenters. The van der Waals surface area contributed by atoms with E-state index in [0.29, 0.717) is 5.69 Å². The van der Waals surface area contributed by atoms with Gasteiger partial charge in [0.15, 0.2) is 0 Å². The Balaban J connectivity index is 2.80. The van der Waals surface area contributed by atoms with Crippen molar-refractivity contribution in [1.29, 1.82) is 0 Å². The number of nitrogens with one attached hydrogen (secondary N) is 1. The van der Waals surface area contributed by atoms with E-state index in [2.05, 4.69) is 10.3 Å². The fourth-order valence-electron chi connectivity index (χ4n) is 0.982. The first kappa shape index (κ1) is 11.7. The molecule has 0 aliphatic rings. The van der Waals surface area contributed by atoms with E-state index in [4.69, 9.17) is 4.74 Å². The van der Waals surface area contributed by atoms with Crippen LogP contribution < -0.4 is 5.32 Å². The molecule has 4 heteroatoms. The summed E-state index contributed by atoms with van der Waals surface area (Å²) < 4.78 is 5.08. The first-order valence-electron chi connectivity index (χ1n) is 4.75. The zero-order chi connectivity index (χ0) is 11.5. The predicted molar refractivity (Wildman–Crippen MR) is 58.7 cm³/mol. The number of ether oxygens (including phenoxy) is 1. The lowest BCUT2D eigenvalue weighted by Gasteiger charge is -2.21. The molecule has 1 aromatic rings. The van der Waals surface area contributed by atoms with Crippen molar-refractivity contribution < 1.29 is 9.53 Å². The fraction of sp³-hybridized carbons (Fsp3) is 0.455. The van der Waals surface area contributed by atoms with Gasteiger partial charge in [-0.25, -0.2) is 0 Å². The first-order chi connectivity index (χ1) is 6.97. The van der Waals surface area contributed by atoms with E-state index in [9.17, 15) is 4.79 Å². The van der Waals surface area contributed by atoms with Crippen LogP contribution in [0.4, 0.5) is 5.69 Å². The monoisotopic (exact) mass is 208 g/mol. The molecule has 1 N–H and O–H groups in total. The molecule has 0 radical (unpaired) electrons. The Morgan fingerprint density at radius 1 is 1.53 bits per heavy atom. The Morgan fingerprint density at radius 3 is 2.73 bits per heavy atom. The molecule has 0 saturated carbocycles. The van der Waals surface area contributed by atoms with Gasteiger partial charge in [0.1, 0.15) is 5.60 Å². The molecule has 0 aliphatic carbocycles. The molecule has 1 amide bonds. The summed E-state index contributed by atoms with van der Waals surface area (Å²) in [7, 11) is 1.51. The number of hydrogen-bond donors (Lipinski definition) is 1. The molecule has 15 heavy (non-hydrogen) atoms. The number of aromatic nitrogens is 1. The highest BCUT2D eigenvalue weighted by Crippen LogP contribution is 2.15. The normalized spacial score (nSPS) is 11.2. The lowest BCUT2D eigenvalue weighted by molar-refractivity contribution is -0.133. The Kier molecular flexibility index (Phi) is 3.42. The Labute approximate surface area is 89.7 Å². The maximum atomic E-state index is 11.8. The van der Waals surface area contributed by atoms with E-state index in [1.165, 1.54) is 7.11 Å². The lowest BCUT2D eigenvalue weighted by atomic mass is 10.1. The van der Waals surface area contributed by atoms with Crippen molar-refractivity contribution in [3.63, 3.8) is 0 Å². The van der Waals surface area contributed by atoms with Gasteiger partial charge in [-0.3, -0.25) is 9.78 Å². The largest absolute Gasteiger partial charge is 0.369 e. The maximum absolute atomic E-state index is 11.8. The van der Waals surface area contributed by atoms with Gasteiger partial charge >= 0.3 is 0 Å². The third-order valence-electron chi connectivity index (χ3n) is 2.31. The zero-order valence-electron chi connectivity index (χ0n) is 9.50. The Hall–Kier alpha value is -1.42. The van der Waals surface area contributed by atoms with Gasteiger partial charge in [-0.2, -0.15) is 0 Å². The molecule has 0 bridgehead atoms. The van der Waals surface area contributed by atoms with Gasteiger partial charge < -0.3 is 10.1 Å².